The summed E-state index contributed by atoms with van der Waals surface area (Å²) in [6.45, 7) is 2.07. The van der Waals surface area contributed by atoms with Gasteiger partial charge < -0.3 is 5.61 Å². The third-order valence-corrected chi connectivity index (χ3v) is 2.60. The Morgan fingerprint density at radius 2 is 2.00 bits per heavy atom. The molecule has 1 atom stereocenters. The van der Waals surface area contributed by atoms with Gasteiger partial charge in [0.05, 0.1) is 5.75 Å². The summed E-state index contributed by atoms with van der Waals surface area (Å²) in [6, 6.07) is 9.26. The molecule has 14 heavy (non-hydrogen) atoms. The van der Waals surface area contributed by atoms with Crippen LogP contribution in [0.15, 0.2) is 30.3 Å². The standard InChI is InChI=1S/C10H14O2S.Na.H/c1-2-3-9-13(11)12-10-7-5-4-6-8-10;;/h4-8H,2-3,9H2,1H3;;/q;+1;-1. The first-order valence-electron chi connectivity index (χ1n) is 4.44. The Balaban J connectivity index is 0. The summed E-state index contributed by atoms with van der Waals surface area (Å²) in [5.41, 5.74) is 0. The fourth-order valence-electron chi connectivity index (χ4n) is 0.887. The van der Waals surface area contributed by atoms with Crippen molar-refractivity contribution in [3.05, 3.63) is 30.3 Å². The maximum atomic E-state index is 11.3. The summed E-state index contributed by atoms with van der Waals surface area (Å²) in [4.78, 5) is 0. The average molecular weight is 222 g/mol. The molecule has 0 amide bonds. The van der Waals surface area contributed by atoms with E-state index in [0.717, 1.165) is 12.8 Å². The van der Waals surface area contributed by atoms with Crippen LogP contribution in [0.2, 0.25) is 0 Å². The van der Waals surface area contributed by atoms with Crippen molar-refractivity contribution in [3.63, 3.8) is 0 Å². The van der Waals surface area contributed by atoms with Crippen LogP contribution in [-0.2, 0) is 11.1 Å². The summed E-state index contributed by atoms with van der Waals surface area (Å²) in [5, 5.41) is 0. The molecule has 0 bridgehead atoms. The summed E-state index contributed by atoms with van der Waals surface area (Å²) in [6.07, 6.45) is 1.99. The fourth-order valence-corrected chi connectivity index (χ4v) is 1.82. The summed E-state index contributed by atoms with van der Waals surface area (Å²) < 4.78 is 16.4. The van der Waals surface area contributed by atoms with Crippen molar-refractivity contribution in [3.8, 4) is 5.75 Å². The number of unbranched alkanes of at least 4 members (excludes halogenated alkanes) is 1. The van der Waals surface area contributed by atoms with E-state index in [9.17, 15) is 4.21 Å². The van der Waals surface area contributed by atoms with Crippen LogP contribution in [-0.4, -0.2) is 9.96 Å². The zero-order valence-corrected chi connectivity index (χ0v) is 11.5. The van der Waals surface area contributed by atoms with E-state index in [0.29, 0.717) is 11.5 Å². The van der Waals surface area contributed by atoms with E-state index in [1.54, 1.807) is 0 Å². The Hall–Kier alpha value is 0.170. The van der Waals surface area contributed by atoms with Crippen molar-refractivity contribution in [1.82, 2.24) is 0 Å². The van der Waals surface area contributed by atoms with Crippen molar-refractivity contribution >= 4 is 11.1 Å². The molecule has 1 aromatic rings. The molecule has 4 heteroatoms. The molecular formula is C10H15NaO2S. The van der Waals surface area contributed by atoms with Gasteiger partial charge in [-0.1, -0.05) is 31.5 Å². The van der Waals surface area contributed by atoms with Gasteiger partial charge in [0.15, 0.2) is 0 Å². The van der Waals surface area contributed by atoms with Crippen molar-refractivity contribution in [2.45, 2.75) is 19.8 Å². The molecule has 1 aromatic carbocycles. The Morgan fingerprint density at radius 1 is 1.36 bits per heavy atom. The Kier molecular flexibility index (Phi) is 8.58. The van der Waals surface area contributed by atoms with Gasteiger partial charge >= 0.3 is 29.6 Å². The van der Waals surface area contributed by atoms with Gasteiger partial charge in [-0.25, -0.2) is 4.21 Å². The molecule has 0 aliphatic heterocycles. The zero-order valence-electron chi connectivity index (χ0n) is 9.73. The predicted molar refractivity (Wildman–Crippen MR) is 56.1 cm³/mol. The monoisotopic (exact) mass is 222 g/mol. The fraction of sp³-hybridized carbons (Fsp3) is 0.400. The number of benzene rings is 1. The largest absolute Gasteiger partial charge is 1.00 e. The normalized spacial score (nSPS) is 11.5. The Labute approximate surface area is 111 Å². The third-order valence-electron chi connectivity index (χ3n) is 1.60. The zero-order chi connectivity index (χ0) is 9.52. The number of para-hydroxylation sites is 1. The first kappa shape index (κ1) is 14.2. The quantitative estimate of drug-likeness (QED) is 0.636. The van der Waals surface area contributed by atoms with E-state index in [1.165, 1.54) is 0 Å². The smallest absolute Gasteiger partial charge is 1.00 e. The first-order valence-corrected chi connectivity index (χ1v) is 5.69. The van der Waals surface area contributed by atoms with Crippen molar-refractivity contribution < 1.29 is 39.4 Å². The second-order valence-electron chi connectivity index (χ2n) is 2.76. The summed E-state index contributed by atoms with van der Waals surface area (Å²) in [5.74, 6) is 1.29. The minimum Gasteiger partial charge on any atom is -1.00 e. The molecule has 74 valence electrons. The predicted octanol–water partition coefficient (Wildman–Crippen LogP) is -0.354. The van der Waals surface area contributed by atoms with Gasteiger partial charge in [-0.15, -0.1) is 0 Å². The molecule has 0 spiro atoms. The number of hydrogen-bond acceptors (Lipinski definition) is 2. The minimum atomic E-state index is -1.17. The van der Waals surface area contributed by atoms with E-state index < -0.39 is 11.1 Å². The van der Waals surface area contributed by atoms with Gasteiger partial charge in [-0.05, 0) is 18.6 Å². The van der Waals surface area contributed by atoms with E-state index in [4.69, 9.17) is 4.18 Å². The summed E-state index contributed by atoms with van der Waals surface area (Å²) in [7, 11) is 0. The molecule has 0 heterocycles. The van der Waals surface area contributed by atoms with E-state index in [-0.39, 0.29) is 31.0 Å². The Morgan fingerprint density at radius 3 is 2.57 bits per heavy atom. The average Bonchev–Trinajstić information content (AvgIpc) is 2.16. The van der Waals surface area contributed by atoms with Crippen LogP contribution < -0.4 is 33.7 Å². The second-order valence-corrected chi connectivity index (χ2v) is 3.94. The van der Waals surface area contributed by atoms with Crippen molar-refractivity contribution in [1.29, 1.82) is 0 Å². The maximum absolute atomic E-state index is 11.3. The van der Waals surface area contributed by atoms with Crippen LogP contribution in [0.25, 0.3) is 0 Å². The summed E-state index contributed by atoms with van der Waals surface area (Å²) >= 11 is -1.17. The van der Waals surface area contributed by atoms with Gasteiger partial charge in [0, 0.05) is 0 Å². The van der Waals surface area contributed by atoms with Gasteiger partial charge in [-0.2, -0.15) is 0 Å². The molecule has 2 nitrogen and oxygen atoms in total. The van der Waals surface area contributed by atoms with E-state index in [1.807, 2.05) is 30.3 Å². The first-order chi connectivity index (χ1) is 6.33. The molecule has 1 rings (SSSR count). The molecule has 0 fully saturated rings. The van der Waals surface area contributed by atoms with E-state index in [2.05, 4.69) is 6.92 Å². The Bertz CT molecular complexity index is 269. The maximum Gasteiger partial charge on any atom is 1.00 e. The van der Waals surface area contributed by atoms with Gasteiger partial charge in [-0.3, -0.25) is 0 Å². The van der Waals surface area contributed by atoms with Gasteiger partial charge in [0.1, 0.15) is 5.75 Å². The molecular weight excluding hydrogens is 207 g/mol. The van der Waals surface area contributed by atoms with Crippen LogP contribution in [0.5, 0.6) is 5.75 Å². The van der Waals surface area contributed by atoms with E-state index >= 15 is 0 Å². The van der Waals surface area contributed by atoms with Gasteiger partial charge in [0.25, 0.3) is 0 Å². The van der Waals surface area contributed by atoms with Gasteiger partial charge in [0.2, 0.25) is 11.1 Å². The van der Waals surface area contributed by atoms with Crippen LogP contribution in [0, 0.1) is 0 Å². The molecule has 0 saturated heterocycles. The molecule has 0 aliphatic rings. The molecule has 0 radical (unpaired) electrons. The van der Waals surface area contributed by atoms with Crippen LogP contribution in [0.4, 0.5) is 0 Å². The van der Waals surface area contributed by atoms with Crippen LogP contribution >= 0.6 is 0 Å². The number of rotatable bonds is 5. The van der Waals surface area contributed by atoms with Crippen molar-refractivity contribution in [2.75, 3.05) is 5.75 Å². The third kappa shape index (κ3) is 5.81. The topological polar surface area (TPSA) is 26.3 Å². The molecule has 0 aliphatic carbocycles. The molecule has 0 saturated carbocycles. The minimum absolute atomic E-state index is 0. The van der Waals surface area contributed by atoms with Crippen LogP contribution in [0.3, 0.4) is 0 Å². The second kappa shape index (κ2) is 8.48. The molecule has 0 aromatic heterocycles. The van der Waals surface area contributed by atoms with Crippen molar-refractivity contribution in [2.24, 2.45) is 0 Å². The molecule has 0 N–H and O–H groups in total. The molecule has 1 unspecified atom stereocenters. The van der Waals surface area contributed by atoms with Crippen LogP contribution in [0.1, 0.15) is 21.2 Å². The number of hydrogen-bond donors (Lipinski definition) is 0. The SMILES string of the molecule is CCCCS(=O)Oc1ccccc1.[H-].[Na+].